The van der Waals surface area contributed by atoms with Gasteiger partial charge in [0.05, 0.1) is 11.9 Å². The van der Waals surface area contributed by atoms with E-state index < -0.39 is 15.9 Å². The third-order valence-electron chi connectivity index (χ3n) is 3.29. The lowest BCUT2D eigenvalue weighted by molar-refractivity contribution is -0.115. The van der Waals surface area contributed by atoms with E-state index in [0.717, 1.165) is 10.6 Å². The van der Waals surface area contributed by atoms with Crippen molar-refractivity contribution in [3.8, 4) is 0 Å². The summed E-state index contributed by atoms with van der Waals surface area (Å²) in [6.45, 7) is 1.01. The number of nitrogens with one attached hydrogen (secondary N) is 2. The minimum Gasteiger partial charge on any atom is -0.326 e. The standard InChI is InChI=1S/C17H18ClN3O4S/c1-12(22)19-14-5-7-15(8-6-14)20-17(23)11-21(26(2,24)25)16-9-3-13(18)4-10-16/h3-10H,11H2,1-2H3,(H,19,22)(H,20,23). The molecule has 2 aromatic carbocycles. The highest BCUT2D eigenvalue weighted by molar-refractivity contribution is 7.92. The topological polar surface area (TPSA) is 95.6 Å². The quantitative estimate of drug-likeness (QED) is 0.786. The molecule has 0 aliphatic heterocycles. The molecule has 0 fully saturated rings. The van der Waals surface area contributed by atoms with E-state index in [1.165, 1.54) is 19.1 Å². The number of hydrogen-bond acceptors (Lipinski definition) is 4. The summed E-state index contributed by atoms with van der Waals surface area (Å²) in [5.74, 6) is -0.703. The first-order valence-corrected chi connectivity index (χ1v) is 9.78. The molecule has 0 aliphatic rings. The molecular weight excluding hydrogens is 378 g/mol. The highest BCUT2D eigenvalue weighted by Gasteiger charge is 2.20. The van der Waals surface area contributed by atoms with Gasteiger partial charge in [-0.2, -0.15) is 0 Å². The molecule has 0 atom stereocenters. The molecule has 0 unspecified atom stereocenters. The number of rotatable bonds is 6. The predicted octanol–water partition coefficient (Wildman–Crippen LogP) is 2.70. The van der Waals surface area contributed by atoms with Crippen molar-refractivity contribution in [2.45, 2.75) is 6.92 Å². The molecule has 2 amide bonds. The van der Waals surface area contributed by atoms with Gasteiger partial charge in [0.15, 0.2) is 0 Å². The summed E-state index contributed by atoms with van der Waals surface area (Å²) in [5, 5.41) is 5.70. The van der Waals surface area contributed by atoms with E-state index in [0.29, 0.717) is 22.1 Å². The molecule has 0 spiro atoms. The SMILES string of the molecule is CC(=O)Nc1ccc(NC(=O)CN(c2ccc(Cl)cc2)S(C)(=O)=O)cc1. The zero-order valence-electron chi connectivity index (χ0n) is 14.2. The molecule has 26 heavy (non-hydrogen) atoms. The van der Waals surface area contributed by atoms with Crippen LogP contribution in [0.5, 0.6) is 0 Å². The van der Waals surface area contributed by atoms with Gasteiger partial charge < -0.3 is 10.6 Å². The van der Waals surface area contributed by atoms with Gasteiger partial charge in [0.25, 0.3) is 0 Å². The van der Waals surface area contributed by atoms with E-state index in [4.69, 9.17) is 11.6 Å². The Bertz CT molecular complexity index is 897. The average molecular weight is 396 g/mol. The van der Waals surface area contributed by atoms with Crippen LogP contribution in [0.2, 0.25) is 5.02 Å². The Morgan fingerprint density at radius 1 is 0.962 bits per heavy atom. The first-order valence-electron chi connectivity index (χ1n) is 7.56. The number of carbonyl (C=O) groups is 2. The number of halogens is 1. The second-order valence-electron chi connectivity index (χ2n) is 5.55. The largest absolute Gasteiger partial charge is 0.326 e. The van der Waals surface area contributed by atoms with Crippen LogP contribution in [-0.2, 0) is 19.6 Å². The average Bonchev–Trinajstić information content (AvgIpc) is 2.54. The van der Waals surface area contributed by atoms with Crippen molar-refractivity contribution in [1.29, 1.82) is 0 Å². The Balaban J connectivity index is 2.10. The van der Waals surface area contributed by atoms with Gasteiger partial charge in [0, 0.05) is 23.3 Å². The van der Waals surface area contributed by atoms with E-state index in [1.807, 2.05) is 0 Å². The maximum Gasteiger partial charge on any atom is 0.245 e. The van der Waals surface area contributed by atoms with Crippen LogP contribution in [0.25, 0.3) is 0 Å². The molecule has 0 saturated carbocycles. The van der Waals surface area contributed by atoms with Crippen molar-refractivity contribution in [3.63, 3.8) is 0 Å². The minimum atomic E-state index is -3.66. The van der Waals surface area contributed by atoms with Crippen LogP contribution in [-0.4, -0.2) is 33.0 Å². The molecular formula is C17H18ClN3O4S. The number of carbonyl (C=O) groups excluding carboxylic acids is 2. The van der Waals surface area contributed by atoms with Gasteiger partial charge in [0.1, 0.15) is 6.54 Å². The summed E-state index contributed by atoms with van der Waals surface area (Å²) in [6, 6.07) is 12.6. The third kappa shape index (κ3) is 5.75. The normalized spacial score (nSPS) is 10.9. The maximum absolute atomic E-state index is 12.3. The fourth-order valence-electron chi connectivity index (χ4n) is 2.18. The second-order valence-corrected chi connectivity index (χ2v) is 7.90. The van der Waals surface area contributed by atoms with Crippen molar-refractivity contribution in [1.82, 2.24) is 0 Å². The summed E-state index contributed by atoms with van der Waals surface area (Å²) >= 11 is 5.81. The van der Waals surface area contributed by atoms with E-state index in [9.17, 15) is 18.0 Å². The van der Waals surface area contributed by atoms with Crippen LogP contribution in [0.3, 0.4) is 0 Å². The van der Waals surface area contributed by atoms with Gasteiger partial charge in [-0.05, 0) is 48.5 Å². The van der Waals surface area contributed by atoms with Gasteiger partial charge in [-0.1, -0.05) is 11.6 Å². The molecule has 2 N–H and O–H groups in total. The van der Waals surface area contributed by atoms with E-state index >= 15 is 0 Å². The lowest BCUT2D eigenvalue weighted by atomic mass is 10.2. The van der Waals surface area contributed by atoms with Gasteiger partial charge >= 0.3 is 0 Å². The molecule has 2 aromatic rings. The Hall–Kier alpha value is -2.58. The number of amides is 2. The number of hydrogen-bond donors (Lipinski definition) is 2. The summed E-state index contributed by atoms with van der Waals surface area (Å²) in [4.78, 5) is 23.3. The highest BCUT2D eigenvalue weighted by atomic mass is 35.5. The molecule has 0 bridgehead atoms. The first kappa shape index (κ1) is 19.7. The van der Waals surface area contributed by atoms with Crippen LogP contribution in [0, 0.1) is 0 Å². The van der Waals surface area contributed by atoms with Crippen LogP contribution in [0.15, 0.2) is 48.5 Å². The van der Waals surface area contributed by atoms with Crippen molar-refractivity contribution in [2.24, 2.45) is 0 Å². The van der Waals surface area contributed by atoms with Crippen molar-refractivity contribution >= 4 is 50.5 Å². The second kappa shape index (κ2) is 8.20. The monoisotopic (exact) mass is 395 g/mol. The molecule has 0 heterocycles. The molecule has 138 valence electrons. The van der Waals surface area contributed by atoms with Gasteiger partial charge in [0.2, 0.25) is 21.8 Å². The summed E-state index contributed by atoms with van der Waals surface area (Å²) < 4.78 is 25.0. The number of benzene rings is 2. The van der Waals surface area contributed by atoms with E-state index in [1.54, 1.807) is 36.4 Å². The molecule has 2 rings (SSSR count). The van der Waals surface area contributed by atoms with Crippen molar-refractivity contribution in [3.05, 3.63) is 53.6 Å². The van der Waals surface area contributed by atoms with Crippen LogP contribution in [0.4, 0.5) is 17.1 Å². The third-order valence-corrected chi connectivity index (χ3v) is 4.68. The molecule has 0 aromatic heterocycles. The Morgan fingerprint density at radius 2 is 1.46 bits per heavy atom. The Labute approximate surface area is 157 Å². The smallest absolute Gasteiger partial charge is 0.245 e. The molecule has 9 heteroatoms. The lowest BCUT2D eigenvalue weighted by Crippen LogP contribution is -2.37. The maximum atomic E-state index is 12.3. The van der Waals surface area contributed by atoms with Crippen molar-refractivity contribution in [2.75, 3.05) is 27.7 Å². The molecule has 0 saturated heterocycles. The van der Waals surface area contributed by atoms with Crippen molar-refractivity contribution < 1.29 is 18.0 Å². The fourth-order valence-corrected chi connectivity index (χ4v) is 3.16. The fraction of sp³-hybridized carbons (Fsp3) is 0.176. The number of anilines is 3. The molecule has 0 aliphatic carbocycles. The van der Waals surface area contributed by atoms with E-state index in [-0.39, 0.29) is 12.5 Å². The van der Waals surface area contributed by atoms with Crippen LogP contribution >= 0.6 is 11.6 Å². The van der Waals surface area contributed by atoms with Gasteiger partial charge in [-0.15, -0.1) is 0 Å². The number of sulfonamides is 1. The zero-order valence-corrected chi connectivity index (χ0v) is 15.8. The summed E-state index contributed by atoms with van der Waals surface area (Å²) in [6.07, 6.45) is 1.02. The Kier molecular flexibility index (Phi) is 6.23. The lowest BCUT2D eigenvalue weighted by Gasteiger charge is -2.22. The zero-order chi connectivity index (χ0) is 19.3. The number of nitrogens with zero attached hydrogens (tertiary/aromatic N) is 1. The highest BCUT2D eigenvalue weighted by Crippen LogP contribution is 2.20. The Morgan fingerprint density at radius 3 is 1.92 bits per heavy atom. The van der Waals surface area contributed by atoms with Crippen LogP contribution in [0.1, 0.15) is 6.92 Å². The summed E-state index contributed by atoms with van der Waals surface area (Å²) in [7, 11) is -3.66. The molecule has 0 radical (unpaired) electrons. The minimum absolute atomic E-state index is 0.200. The van der Waals surface area contributed by atoms with Crippen LogP contribution < -0.4 is 14.9 Å². The predicted molar refractivity (Wildman–Crippen MR) is 103 cm³/mol. The molecule has 7 nitrogen and oxygen atoms in total. The van der Waals surface area contributed by atoms with Gasteiger partial charge in [-0.3, -0.25) is 13.9 Å². The van der Waals surface area contributed by atoms with Gasteiger partial charge in [-0.25, -0.2) is 8.42 Å². The first-order chi connectivity index (χ1) is 12.1. The van der Waals surface area contributed by atoms with E-state index in [2.05, 4.69) is 10.6 Å². The summed E-state index contributed by atoms with van der Waals surface area (Å²) in [5.41, 5.74) is 1.41.